The summed E-state index contributed by atoms with van der Waals surface area (Å²) in [4.78, 5) is 20.6. The van der Waals surface area contributed by atoms with Crippen molar-refractivity contribution in [1.29, 1.82) is 0 Å². The highest BCUT2D eigenvalue weighted by Gasteiger charge is 2.31. The van der Waals surface area contributed by atoms with Gasteiger partial charge in [-0.15, -0.1) is 0 Å². The summed E-state index contributed by atoms with van der Waals surface area (Å²) >= 11 is 0. The Kier molecular flexibility index (Phi) is 2.85. The molecule has 3 nitrogen and oxygen atoms in total. The molecule has 0 spiro atoms. The van der Waals surface area contributed by atoms with Gasteiger partial charge in [-0.3, -0.25) is 4.79 Å². The highest BCUT2D eigenvalue weighted by Crippen LogP contribution is 2.59. The fourth-order valence-electron chi connectivity index (χ4n) is 1.39. The molecule has 0 unspecified atom stereocenters. The minimum atomic E-state index is -1.87. The summed E-state index contributed by atoms with van der Waals surface area (Å²) in [5, 5.41) is 0. The molecule has 1 saturated heterocycles. The molecule has 65 valence electrons. The molecule has 1 fully saturated rings. The molecule has 0 aliphatic carbocycles. The van der Waals surface area contributed by atoms with Gasteiger partial charge in [0.1, 0.15) is 0 Å². The molecular formula is C7H14O3P. The van der Waals surface area contributed by atoms with Gasteiger partial charge >= 0.3 is 5.97 Å². The van der Waals surface area contributed by atoms with Gasteiger partial charge in [0, 0.05) is 0 Å². The van der Waals surface area contributed by atoms with E-state index in [0.717, 1.165) is 25.2 Å². The van der Waals surface area contributed by atoms with Gasteiger partial charge in [-0.1, -0.05) is 0 Å². The zero-order valence-electron chi connectivity index (χ0n) is 6.75. The van der Waals surface area contributed by atoms with Crippen LogP contribution >= 0.6 is 7.49 Å². The second-order valence-corrected chi connectivity index (χ2v) is 6.38. The van der Waals surface area contributed by atoms with Crippen LogP contribution in [0, 0.1) is 0 Å². The third-order valence-corrected chi connectivity index (χ3v) is 5.19. The molecule has 0 bridgehead atoms. The van der Waals surface area contributed by atoms with E-state index in [-0.39, 0.29) is 12.1 Å². The average Bonchev–Trinajstić information content (AvgIpc) is 2.36. The van der Waals surface area contributed by atoms with E-state index < -0.39 is 7.49 Å². The van der Waals surface area contributed by atoms with Crippen molar-refractivity contribution in [2.75, 3.05) is 25.6 Å². The van der Waals surface area contributed by atoms with E-state index in [2.05, 4.69) is 4.74 Å². The van der Waals surface area contributed by atoms with Crippen molar-refractivity contribution in [2.24, 2.45) is 0 Å². The fourth-order valence-corrected chi connectivity index (χ4v) is 4.16. The first-order valence-corrected chi connectivity index (χ1v) is 6.12. The highest BCUT2D eigenvalue weighted by molar-refractivity contribution is 7.71. The smallest absolute Gasteiger partial charge is 0.311 e. The lowest BCUT2D eigenvalue weighted by molar-refractivity contribution is -0.137. The predicted octanol–water partition coefficient (Wildman–Crippen LogP) is 0.878. The van der Waals surface area contributed by atoms with Gasteiger partial charge in [-0.25, -0.2) is 0 Å². The Bertz CT molecular complexity index is 152. The summed E-state index contributed by atoms with van der Waals surface area (Å²) in [5.74, 6) is -0.261. The van der Waals surface area contributed by atoms with Crippen LogP contribution < -0.4 is 0 Å². The van der Waals surface area contributed by atoms with Gasteiger partial charge < -0.3 is 9.63 Å². The molecule has 0 aromatic rings. The summed E-state index contributed by atoms with van der Waals surface area (Å²) in [7, 11) is -0.502. The van der Waals surface area contributed by atoms with E-state index in [9.17, 15) is 9.69 Å². The van der Waals surface area contributed by atoms with E-state index in [1.807, 2.05) is 0 Å². The van der Waals surface area contributed by atoms with E-state index in [1.165, 1.54) is 7.11 Å². The molecule has 0 saturated carbocycles. The Balaban J connectivity index is 2.39. The maximum Gasteiger partial charge on any atom is 0.311 e. The first kappa shape index (κ1) is 8.95. The lowest BCUT2D eigenvalue weighted by Crippen LogP contribution is -2.12. The van der Waals surface area contributed by atoms with E-state index in [1.54, 1.807) is 0 Å². The van der Waals surface area contributed by atoms with Gasteiger partial charge in [0.05, 0.1) is 13.3 Å². The Hall–Kier alpha value is -0.140. The van der Waals surface area contributed by atoms with Crippen molar-refractivity contribution < 1.29 is 14.4 Å². The van der Waals surface area contributed by atoms with Crippen LogP contribution in [0.4, 0.5) is 0 Å². The minimum Gasteiger partial charge on any atom is -0.469 e. The third kappa shape index (κ3) is 2.42. The van der Waals surface area contributed by atoms with Crippen LogP contribution in [-0.2, 0) is 9.53 Å². The topological polar surface area (TPSA) is 46.5 Å². The second kappa shape index (κ2) is 3.51. The van der Waals surface area contributed by atoms with Crippen LogP contribution in [0.2, 0.25) is 0 Å². The van der Waals surface area contributed by atoms with Gasteiger partial charge in [0.15, 0.2) is 0 Å². The maximum atomic E-state index is 10.8. The summed E-state index contributed by atoms with van der Waals surface area (Å²) in [6.45, 7) is 0. The molecule has 1 radical (unpaired) electrons. The van der Waals surface area contributed by atoms with Crippen molar-refractivity contribution in [3.63, 3.8) is 0 Å². The van der Waals surface area contributed by atoms with E-state index in [0.29, 0.717) is 0 Å². The number of hydrogen-bond donors (Lipinski definition) is 1. The highest BCUT2D eigenvalue weighted by atomic mass is 31.2. The zero-order valence-corrected chi connectivity index (χ0v) is 7.64. The zero-order chi connectivity index (χ0) is 8.32. The molecule has 0 amide bonds. The first-order valence-electron chi connectivity index (χ1n) is 3.82. The number of methoxy groups -OCH3 is 1. The largest absolute Gasteiger partial charge is 0.469 e. The van der Waals surface area contributed by atoms with Crippen molar-refractivity contribution in [3.05, 3.63) is 0 Å². The molecule has 1 N–H and O–H groups in total. The van der Waals surface area contributed by atoms with Gasteiger partial charge in [-0.2, -0.15) is 0 Å². The molecule has 1 aliphatic heterocycles. The Labute approximate surface area is 67.2 Å². The fraction of sp³-hybridized carbons (Fsp3) is 0.857. The monoisotopic (exact) mass is 177 g/mol. The molecule has 11 heavy (non-hydrogen) atoms. The summed E-state index contributed by atoms with van der Waals surface area (Å²) < 4.78 is 4.51. The molecule has 0 atom stereocenters. The van der Waals surface area contributed by atoms with Gasteiger partial charge in [0.2, 0.25) is 0 Å². The molecular weight excluding hydrogens is 163 g/mol. The number of carbonyl (C=O) groups excluding carboxylic acids is 1. The summed E-state index contributed by atoms with van der Waals surface area (Å²) in [6.07, 6.45) is 4.11. The Morgan fingerprint density at radius 1 is 1.55 bits per heavy atom. The summed E-state index contributed by atoms with van der Waals surface area (Å²) in [6, 6.07) is 0. The predicted molar refractivity (Wildman–Crippen MR) is 45.0 cm³/mol. The van der Waals surface area contributed by atoms with Crippen LogP contribution in [0.1, 0.15) is 12.8 Å². The second-order valence-electron chi connectivity index (χ2n) is 2.98. The van der Waals surface area contributed by atoms with Crippen LogP contribution in [0.15, 0.2) is 0 Å². The lowest BCUT2D eigenvalue weighted by Gasteiger charge is -2.22. The quantitative estimate of drug-likeness (QED) is 0.503. The molecule has 0 aromatic carbocycles. The third-order valence-electron chi connectivity index (χ3n) is 2.05. The number of esters is 1. The minimum absolute atomic E-state index is 0.261. The number of rotatable bonds is 2. The maximum absolute atomic E-state index is 10.8. The van der Waals surface area contributed by atoms with Crippen LogP contribution in [0.3, 0.4) is 0 Å². The van der Waals surface area contributed by atoms with Crippen molar-refractivity contribution >= 4 is 13.5 Å². The van der Waals surface area contributed by atoms with Crippen LogP contribution in [0.25, 0.3) is 0 Å². The number of ether oxygens (including phenoxy) is 1. The summed E-state index contributed by atoms with van der Waals surface area (Å²) in [5.41, 5.74) is 0. The van der Waals surface area contributed by atoms with Gasteiger partial charge in [-0.05, 0) is 32.7 Å². The Morgan fingerprint density at radius 3 is 2.55 bits per heavy atom. The first-order chi connectivity index (χ1) is 5.16. The SMILES string of the molecule is COC(=O)C[P]1(O)CCCC1. The Morgan fingerprint density at radius 2 is 2.09 bits per heavy atom. The average molecular weight is 177 g/mol. The number of carbonyl (C=O) groups is 1. The van der Waals surface area contributed by atoms with E-state index >= 15 is 0 Å². The number of hydrogen-bond acceptors (Lipinski definition) is 3. The lowest BCUT2D eigenvalue weighted by atomic mass is 10.4. The van der Waals surface area contributed by atoms with Crippen LogP contribution in [-0.4, -0.2) is 36.5 Å². The molecule has 1 aliphatic rings. The van der Waals surface area contributed by atoms with Gasteiger partial charge in [0.25, 0.3) is 0 Å². The normalized spacial score (nSPS) is 21.6. The molecule has 1 rings (SSSR count). The molecule has 1 heterocycles. The standard InChI is InChI=1S/C7H14O3P/c1-10-7(8)6-11(9)4-2-3-5-11/h9H,2-6H2,1H3. The van der Waals surface area contributed by atoms with E-state index in [4.69, 9.17) is 0 Å². The molecule has 4 heteroatoms. The van der Waals surface area contributed by atoms with Crippen LogP contribution in [0.5, 0.6) is 0 Å². The van der Waals surface area contributed by atoms with Crippen molar-refractivity contribution in [3.8, 4) is 0 Å². The molecule has 0 aromatic heterocycles. The van der Waals surface area contributed by atoms with Crippen molar-refractivity contribution in [2.45, 2.75) is 12.8 Å². The van der Waals surface area contributed by atoms with Crippen molar-refractivity contribution in [1.82, 2.24) is 0 Å².